The third kappa shape index (κ3) is 3.03. The molecule has 23 heavy (non-hydrogen) atoms. The standard InChI is InChI=1S/C16H24N6O/c1-13-10-15(22-16(19-13)17-12-18-22)21-5-3-2-4-14(21)11-20-6-8-23-9-7-20/h10,12,14H,2-9,11H2,1H3/t14-/m0/s1. The first-order valence-electron chi connectivity index (χ1n) is 8.55. The van der Waals surface area contributed by atoms with Crippen molar-refractivity contribution < 1.29 is 4.74 Å². The molecule has 0 bridgehead atoms. The summed E-state index contributed by atoms with van der Waals surface area (Å²) in [7, 11) is 0. The molecule has 2 aromatic heterocycles. The first kappa shape index (κ1) is 14.8. The number of ether oxygens (including phenoxy) is 1. The molecule has 4 rings (SSSR count). The van der Waals surface area contributed by atoms with E-state index in [0.717, 1.165) is 50.9 Å². The highest BCUT2D eigenvalue weighted by molar-refractivity contribution is 5.48. The summed E-state index contributed by atoms with van der Waals surface area (Å²) < 4.78 is 7.36. The lowest BCUT2D eigenvalue weighted by Gasteiger charge is -2.40. The van der Waals surface area contributed by atoms with Crippen LogP contribution in [0.25, 0.3) is 5.78 Å². The molecule has 4 heterocycles. The van der Waals surface area contributed by atoms with Gasteiger partial charge >= 0.3 is 0 Å². The average molecular weight is 316 g/mol. The molecule has 2 aromatic rings. The van der Waals surface area contributed by atoms with Crippen LogP contribution in [0.4, 0.5) is 5.82 Å². The molecular formula is C16H24N6O. The van der Waals surface area contributed by atoms with Gasteiger partial charge in [-0.25, -0.2) is 4.98 Å². The Labute approximate surface area is 136 Å². The number of hydrogen-bond acceptors (Lipinski definition) is 6. The molecule has 0 amide bonds. The van der Waals surface area contributed by atoms with Gasteiger partial charge in [-0.05, 0) is 26.2 Å². The van der Waals surface area contributed by atoms with Crippen molar-refractivity contribution in [3.05, 3.63) is 18.1 Å². The molecule has 0 radical (unpaired) electrons. The number of nitrogens with zero attached hydrogens (tertiary/aromatic N) is 6. The van der Waals surface area contributed by atoms with Crippen LogP contribution in [0.2, 0.25) is 0 Å². The van der Waals surface area contributed by atoms with Crippen LogP contribution in [-0.4, -0.2) is 69.9 Å². The lowest BCUT2D eigenvalue weighted by molar-refractivity contribution is 0.0338. The molecule has 2 aliphatic heterocycles. The summed E-state index contributed by atoms with van der Waals surface area (Å²) in [6.07, 6.45) is 5.36. The topological polar surface area (TPSA) is 58.8 Å². The largest absolute Gasteiger partial charge is 0.379 e. The highest BCUT2D eigenvalue weighted by Gasteiger charge is 2.27. The van der Waals surface area contributed by atoms with Gasteiger partial charge in [0.05, 0.1) is 13.2 Å². The third-order valence-corrected chi connectivity index (χ3v) is 4.86. The summed E-state index contributed by atoms with van der Waals surface area (Å²) in [6, 6.07) is 2.66. The summed E-state index contributed by atoms with van der Waals surface area (Å²) in [5.41, 5.74) is 0.996. The maximum atomic E-state index is 5.48. The monoisotopic (exact) mass is 316 g/mol. The first-order valence-corrected chi connectivity index (χ1v) is 8.55. The summed E-state index contributed by atoms with van der Waals surface area (Å²) in [5, 5.41) is 4.38. The van der Waals surface area contributed by atoms with Gasteiger partial charge in [-0.2, -0.15) is 14.6 Å². The molecular weight excluding hydrogens is 292 g/mol. The third-order valence-electron chi connectivity index (χ3n) is 4.86. The minimum atomic E-state index is 0.524. The predicted molar refractivity (Wildman–Crippen MR) is 87.8 cm³/mol. The molecule has 0 N–H and O–H groups in total. The highest BCUT2D eigenvalue weighted by Crippen LogP contribution is 2.26. The van der Waals surface area contributed by atoms with E-state index in [0.29, 0.717) is 11.8 Å². The van der Waals surface area contributed by atoms with E-state index in [1.54, 1.807) is 6.33 Å². The van der Waals surface area contributed by atoms with Crippen molar-refractivity contribution in [2.24, 2.45) is 0 Å². The lowest BCUT2D eigenvalue weighted by Crippen LogP contribution is -2.50. The Hall–Kier alpha value is -1.73. The molecule has 2 aliphatic rings. The second kappa shape index (κ2) is 6.41. The Balaban J connectivity index is 1.62. The van der Waals surface area contributed by atoms with Crippen LogP contribution in [0.5, 0.6) is 0 Å². The Morgan fingerprint density at radius 3 is 2.96 bits per heavy atom. The van der Waals surface area contributed by atoms with E-state index in [1.165, 1.54) is 19.3 Å². The molecule has 0 spiro atoms. The van der Waals surface area contributed by atoms with Crippen molar-refractivity contribution in [2.75, 3.05) is 44.3 Å². The van der Waals surface area contributed by atoms with Crippen LogP contribution in [0.15, 0.2) is 12.4 Å². The summed E-state index contributed by atoms with van der Waals surface area (Å²) in [4.78, 5) is 13.8. The number of rotatable bonds is 3. The molecule has 0 aromatic carbocycles. The molecule has 0 unspecified atom stereocenters. The summed E-state index contributed by atoms with van der Waals surface area (Å²) in [5.74, 6) is 1.82. The average Bonchev–Trinajstić information content (AvgIpc) is 3.04. The van der Waals surface area contributed by atoms with Gasteiger partial charge in [0.1, 0.15) is 12.1 Å². The molecule has 2 fully saturated rings. The van der Waals surface area contributed by atoms with Crippen molar-refractivity contribution in [1.29, 1.82) is 0 Å². The number of piperidine rings is 1. The Bertz CT molecular complexity index is 666. The van der Waals surface area contributed by atoms with E-state index in [2.05, 4.69) is 30.9 Å². The number of fused-ring (bicyclic) bond motifs is 1. The molecule has 7 heteroatoms. The number of anilines is 1. The van der Waals surface area contributed by atoms with Gasteiger partial charge in [0.25, 0.3) is 5.78 Å². The number of morpholine rings is 1. The second-order valence-electron chi connectivity index (χ2n) is 6.48. The fourth-order valence-electron chi connectivity index (χ4n) is 3.69. The fraction of sp³-hybridized carbons (Fsp3) is 0.688. The zero-order valence-corrected chi connectivity index (χ0v) is 13.7. The van der Waals surface area contributed by atoms with Crippen molar-refractivity contribution in [3.63, 3.8) is 0 Å². The summed E-state index contributed by atoms with van der Waals surface area (Å²) in [6.45, 7) is 7.99. The van der Waals surface area contributed by atoms with Crippen molar-refractivity contribution >= 4 is 11.6 Å². The van der Waals surface area contributed by atoms with E-state index < -0.39 is 0 Å². The predicted octanol–water partition coefficient (Wildman–Crippen LogP) is 1.12. The maximum Gasteiger partial charge on any atom is 0.254 e. The second-order valence-corrected chi connectivity index (χ2v) is 6.48. The Morgan fingerprint density at radius 2 is 2.09 bits per heavy atom. The highest BCUT2D eigenvalue weighted by atomic mass is 16.5. The van der Waals surface area contributed by atoms with Gasteiger partial charge in [-0.15, -0.1) is 0 Å². The Morgan fingerprint density at radius 1 is 1.22 bits per heavy atom. The zero-order chi connectivity index (χ0) is 15.6. The molecule has 7 nitrogen and oxygen atoms in total. The van der Waals surface area contributed by atoms with E-state index >= 15 is 0 Å². The van der Waals surface area contributed by atoms with Crippen LogP contribution < -0.4 is 4.90 Å². The van der Waals surface area contributed by atoms with E-state index in [9.17, 15) is 0 Å². The van der Waals surface area contributed by atoms with Crippen molar-refractivity contribution in [1.82, 2.24) is 24.5 Å². The summed E-state index contributed by atoms with van der Waals surface area (Å²) >= 11 is 0. The van der Waals surface area contributed by atoms with Gasteiger partial charge in [0.2, 0.25) is 0 Å². The number of aromatic nitrogens is 4. The van der Waals surface area contributed by atoms with Gasteiger partial charge in [-0.1, -0.05) is 0 Å². The number of aryl methyl sites for hydroxylation is 1. The van der Waals surface area contributed by atoms with Gasteiger partial charge in [0, 0.05) is 44.0 Å². The molecule has 2 saturated heterocycles. The van der Waals surface area contributed by atoms with Crippen LogP contribution in [0.1, 0.15) is 25.0 Å². The zero-order valence-electron chi connectivity index (χ0n) is 13.7. The van der Waals surface area contributed by atoms with E-state index in [4.69, 9.17) is 4.74 Å². The SMILES string of the molecule is Cc1cc(N2CCCC[C@H]2CN2CCOCC2)n2ncnc2n1. The van der Waals surface area contributed by atoms with Crippen LogP contribution in [0, 0.1) is 6.92 Å². The van der Waals surface area contributed by atoms with Crippen LogP contribution in [-0.2, 0) is 4.74 Å². The van der Waals surface area contributed by atoms with E-state index in [-0.39, 0.29) is 0 Å². The normalized spacial score (nSPS) is 23.5. The van der Waals surface area contributed by atoms with Gasteiger partial charge < -0.3 is 9.64 Å². The van der Waals surface area contributed by atoms with Crippen molar-refractivity contribution in [3.8, 4) is 0 Å². The first-order chi connectivity index (χ1) is 11.3. The molecule has 0 saturated carbocycles. The minimum Gasteiger partial charge on any atom is -0.379 e. The smallest absolute Gasteiger partial charge is 0.254 e. The maximum absolute atomic E-state index is 5.48. The van der Waals surface area contributed by atoms with Crippen molar-refractivity contribution in [2.45, 2.75) is 32.2 Å². The van der Waals surface area contributed by atoms with Gasteiger partial charge in [0.15, 0.2) is 0 Å². The van der Waals surface area contributed by atoms with Gasteiger partial charge in [-0.3, -0.25) is 4.90 Å². The fourth-order valence-corrected chi connectivity index (χ4v) is 3.69. The lowest BCUT2D eigenvalue weighted by atomic mass is 10.0. The van der Waals surface area contributed by atoms with E-state index in [1.807, 2.05) is 11.4 Å². The van der Waals surface area contributed by atoms with Crippen LogP contribution in [0.3, 0.4) is 0 Å². The number of hydrogen-bond donors (Lipinski definition) is 0. The quantitative estimate of drug-likeness (QED) is 0.846. The van der Waals surface area contributed by atoms with Crippen LogP contribution >= 0.6 is 0 Å². The minimum absolute atomic E-state index is 0.524. The Kier molecular flexibility index (Phi) is 4.13. The molecule has 0 aliphatic carbocycles. The molecule has 1 atom stereocenters. The molecule has 124 valence electrons.